The van der Waals surface area contributed by atoms with E-state index in [0.717, 1.165) is 13.0 Å². The summed E-state index contributed by atoms with van der Waals surface area (Å²) in [6.45, 7) is 3.14. The van der Waals surface area contributed by atoms with E-state index in [4.69, 9.17) is 4.74 Å². The highest BCUT2D eigenvalue weighted by Crippen LogP contribution is 2.38. The lowest BCUT2D eigenvalue weighted by molar-refractivity contribution is 0.0386. The van der Waals surface area contributed by atoms with Crippen molar-refractivity contribution in [1.82, 2.24) is 0 Å². The maximum atomic E-state index is 6.25. The second kappa shape index (κ2) is 9.76. The zero-order valence-corrected chi connectivity index (χ0v) is 17.3. The third-order valence-corrected chi connectivity index (χ3v) is 5.81. The van der Waals surface area contributed by atoms with E-state index < -0.39 is 0 Å². The maximum Gasteiger partial charge on any atom is 0.0902 e. The average molecular weight is 387 g/mol. The van der Waals surface area contributed by atoms with Crippen molar-refractivity contribution in [3.8, 4) is 0 Å². The molecule has 4 aromatic rings. The van der Waals surface area contributed by atoms with Crippen LogP contribution >= 0.6 is 0 Å². The number of ether oxygens (including phenoxy) is 1. The molecule has 0 radical (unpaired) electrons. The van der Waals surface area contributed by atoms with E-state index >= 15 is 0 Å². The van der Waals surface area contributed by atoms with Gasteiger partial charge in [-0.3, -0.25) is 0 Å². The smallest absolute Gasteiger partial charge is 0.0902 e. The molecule has 1 aliphatic rings. The first kappa shape index (κ1) is 19.7. The molecule has 0 saturated heterocycles. The van der Waals surface area contributed by atoms with Crippen molar-refractivity contribution in [2.45, 2.75) is 51.6 Å². The molecular weight excluding hydrogens is 356 g/mol. The Balaban J connectivity index is 0.000000359. The van der Waals surface area contributed by atoms with Gasteiger partial charge >= 0.3 is 0 Å². The zero-order valence-electron chi connectivity index (χ0n) is 17.3. The minimum absolute atomic E-state index is 0.293. The van der Waals surface area contributed by atoms with Crippen molar-refractivity contribution in [3.63, 3.8) is 0 Å². The minimum atomic E-state index is 0.293. The fourth-order valence-corrected chi connectivity index (χ4v) is 4.35. The van der Waals surface area contributed by atoms with Crippen LogP contribution in [0.25, 0.3) is 21.5 Å². The molecule has 1 aromatic heterocycles. The van der Waals surface area contributed by atoms with Crippen LogP contribution in [-0.4, -0.2) is 6.61 Å². The number of fused-ring (bicyclic) bond motifs is 5. The van der Waals surface area contributed by atoms with Gasteiger partial charge in [-0.25, -0.2) is 0 Å². The molecular formula is C27H30O2. The summed E-state index contributed by atoms with van der Waals surface area (Å²) >= 11 is 0. The molecule has 5 rings (SSSR count). The predicted octanol–water partition coefficient (Wildman–Crippen LogP) is 7.86. The number of hydrogen-bond acceptors (Lipinski definition) is 2. The molecule has 0 N–H and O–H groups in total. The first-order chi connectivity index (χ1) is 14.4. The summed E-state index contributed by atoms with van der Waals surface area (Å²) < 4.78 is 10.8. The summed E-state index contributed by atoms with van der Waals surface area (Å²) in [7, 11) is 0. The summed E-state index contributed by atoms with van der Waals surface area (Å²) in [6.07, 6.45) is 10.8. The lowest BCUT2D eigenvalue weighted by Crippen LogP contribution is -2.14. The molecule has 1 aliphatic carbocycles. The van der Waals surface area contributed by atoms with Crippen LogP contribution in [0.3, 0.4) is 0 Å². The van der Waals surface area contributed by atoms with E-state index in [0.29, 0.717) is 6.10 Å². The van der Waals surface area contributed by atoms with Gasteiger partial charge in [0.1, 0.15) is 0 Å². The van der Waals surface area contributed by atoms with Crippen LogP contribution in [0, 0.1) is 0 Å². The van der Waals surface area contributed by atoms with Crippen molar-refractivity contribution in [3.05, 3.63) is 84.3 Å². The highest BCUT2D eigenvalue weighted by atomic mass is 16.5. The Morgan fingerprint density at radius 2 is 1.69 bits per heavy atom. The van der Waals surface area contributed by atoms with E-state index in [1.54, 1.807) is 12.5 Å². The molecule has 0 aliphatic heterocycles. The summed E-state index contributed by atoms with van der Waals surface area (Å²) in [6, 6.07) is 21.6. The van der Waals surface area contributed by atoms with Crippen LogP contribution in [0.1, 0.15) is 56.3 Å². The second-order valence-corrected chi connectivity index (χ2v) is 7.77. The van der Waals surface area contributed by atoms with E-state index in [-0.39, 0.29) is 0 Å². The standard InChI is InChI=1S/C23H26O.C4H4O/c1-2-3-6-16-24-23-11-7-10-19-21-13-12-17-8-4-5-9-18(17)20(21)14-15-22(19)23;1-2-4-5-3-1/h4-5,8-9,12-15,23H,2-3,6-7,10-11,16H2,1H3;1-4H. The fraction of sp³-hybridized carbons (Fsp3) is 0.333. The molecule has 150 valence electrons. The maximum absolute atomic E-state index is 6.25. The van der Waals surface area contributed by atoms with Crippen molar-refractivity contribution in [2.24, 2.45) is 0 Å². The van der Waals surface area contributed by atoms with E-state index in [1.807, 2.05) is 12.1 Å². The Morgan fingerprint density at radius 3 is 2.48 bits per heavy atom. The van der Waals surface area contributed by atoms with Gasteiger partial charge in [0.25, 0.3) is 0 Å². The van der Waals surface area contributed by atoms with Crippen LogP contribution < -0.4 is 0 Å². The second-order valence-electron chi connectivity index (χ2n) is 7.77. The lowest BCUT2D eigenvalue weighted by Gasteiger charge is -2.27. The average Bonchev–Trinajstić information content (AvgIpc) is 3.36. The van der Waals surface area contributed by atoms with Gasteiger partial charge in [0, 0.05) is 6.61 Å². The molecule has 1 unspecified atom stereocenters. The molecule has 0 amide bonds. The quantitative estimate of drug-likeness (QED) is 0.257. The molecule has 0 spiro atoms. The van der Waals surface area contributed by atoms with E-state index in [9.17, 15) is 0 Å². The predicted molar refractivity (Wildman–Crippen MR) is 121 cm³/mol. The van der Waals surface area contributed by atoms with Crippen molar-refractivity contribution < 1.29 is 9.15 Å². The molecule has 1 atom stereocenters. The normalized spacial score (nSPS) is 15.7. The van der Waals surface area contributed by atoms with Gasteiger partial charge in [-0.05, 0) is 70.5 Å². The Labute approximate surface area is 173 Å². The highest BCUT2D eigenvalue weighted by molar-refractivity contribution is 6.08. The number of benzene rings is 3. The van der Waals surface area contributed by atoms with Gasteiger partial charge < -0.3 is 9.15 Å². The van der Waals surface area contributed by atoms with Gasteiger partial charge in [0.15, 0.2) is 0 Å². The number of furan rings is 1. The van der Waals surface area contributed by atoms with Crippen molar-refractivity contribution in [1.29, 1.82) is 0 Å². The zero-order chi connectivity index (χ0) is 19.9. The summed E-state index contributed by atoms with van der Waals surface area (Å²) in [5, 5.41) is 5.50. The van der Waals surface area contributed by atoms with Crippen LogP contribution in [0.2, 0.25) is 0 Å². The van der Waals surface area contributed by atoms with Gasteiger partial charge in [0.05, 0.1) is 18.6 Å². The summed E-state index contributed by atoms with van der Waals surface area (Å²) in [4.78, 5) is 0. The Hall–Kier alpha value is -2.58. The molecule has 0 bridgehead atoms. The lowest BCUT2D eigenvalue weighted by atomic mass is 9.85. The number of aryl methyl sites for hydroxylation is 1. The van der Waals surface area contributed by atoms with Crippen LogP contribution in [-0.2, 0) is 11.2 Å². The topological polar surface area (TPSA) is 22.4 Å². The third kappa shape index (κ3) is 4.54. The summed E-state index contributed by atoms with van der Waals surface area (Å²) in [5.74, 6) is 0. The van der Waals surface area contributed by atoms with Crippen LogP contribution in [0.15, 0.2) is 77.6 Å². The van der Waals surface area contributed by atoms with Crippen LogP contribution in [0.5, 0.6) is 0 Å². The van der Waals surface area contributed by atoms with Gasteiger partial charge in [-0.2, -0.15) is 0 Å². The first-order valence-electron chi connectivity index (χ1n) is 10.9. The Bertz CT molecular complexity index is 1020. The monoisotopic (exact) mass is 386 g/mol. The minimum Gasteiger partial charge on any atom is -0.473 e. The van der Waals surface area contributed by atoms with E-state index in [2.05, 4.69) is 59.9 Å². The van der Waals surface area contributed by atoms with Crippen LogP contribution in [0.4, 0.5) is 0 Å². The first-order valence-corrected chi connectivity index (χ1v) is 10.9. The number of unbranched alkanes of at least 4 members (excludes halogenated alkanes) is 2. The van der Waals surface area contributed by atoms with Gasteiger partial charge in [0.2, 0.25) is 0 Å². The van der Waals surface area contributed by atoms with Gasteiger partial charge in [-0.15, -0.1) is 0 Å². The molecule has 2 heteroatoms. The Kier molecular flexibility index (Phi) is 6.63. The molecule has 2 nitrogen and oxygen atoms in total. The molecule has 3 aromatic carbocycles. The molecule has 29 heavy (non-hydrogen) atoms. The SMILES string of the molecule is CCCCCOC1CCCc2c1ccc1c2ccc2ccccc21.c1ccoc1. The molecule has 0 fully saturated rings. The largest absolute Gasteiger partial charge is 0.473 e. The third-order valence-electron chi connectivity index (χ3n) is 5.81. The van der Waals surface area contributed by atoms with E-state index in [1.165, 1.54) is 64.8 Å². The molecule has 0 saturated carbocycles. The van der Waals surface area contributed by atoms with Gasteiger partial charge in [-0.1, -0.05) is 68.3 Å². The Morgan fingerprint density at radius 1 is 0.862 bits per heavy atom. The number of rotatable bonds is 5. The summed E-state index contributed by atoms with van der Waals surface area (Å²) in [5.41, 5.74) is 2.95. The molecule has 1 heterocycles. The van der Waals surface area contributed by atoms with Crippen molar-refractivity contribution in [2.75, 3.05) is 6.61 Å². The highest BCUT2D eigenvalue weighted by Gasteiger charge is 2.22. The van der Waals surface area contributed by atoms with Crippen molar-refractivity contribution >= 4 is 21.5 Å². The number of hydrogen-bond donors (Lipinski definition) is 0. The fourth-order valence-electron chi connectivity index (χ4n) is 4.35.